The lowest BCUT2D eigenvalue weighted by atomic mass is 10.2. The molecule has 0 fully saturated rings. The molecule has 0 unspecified atom stereocenters. The predicted octanol–water partition coefficient (Wildman–Crippen LogP) is 1.67. The van der Waals surface area contributed by atoms with E-state index in [0.29, 0.717) is 16.5 Å². The second-order valence-corrected chi connectivity index (χ2v) is 6.17. The summed E-state index contributed by atoms with van der Waals surface area (Å²) >= 11 is 1.25. The molecule has 1 aromatic carbocycles. The van der Waals surface area contributed by atoms with Gasteiger partial charge in [-0.2, -0.15) is 4.98 Å². The van der Waals surface area contributed by atoms with Crippen LogP contribution in [0.4, 0.5) is 0 Å². The van der Waals surface area contributed by atoms with Gasteiger partial charge < -0.3 is 25.0 Å². The monoisotopic (exact) mass is 372 g/mol. The number of carbonyl (C=O) groups excluding carboxylic acids is 1. The molecule has 0 bridgehead atoms. The number of amides is 1. The summed E-state index contributed by atoms with van der Waals surface area (Å²) in [5.74, 6) is -0.719. The standard InChI is InChI=1S/C16H12N4O5S/c21-12-11(19-13(20-15(12)23)16-17-3-4-26-16)14(22)18-6-8-1-2-9-10(5-8)25-7-24-9/h1-5,21H,6-7H2,(H,18,22)(H,19,20,23). The van der Waals surface area contributed by atoms with E-state index in [1.807, 2.05) is 0 Å². The first-order chi connectivity index (χ1) is 12.6. The number of benzene rings is 1. The highest BCUT2D eigenvalue weighted by Crippen LogP contribution is 2.33. The molecule has 1 amide bonds. The molecular formula is C16H12N4O5S. The van der Waals surface area contributed by atoms with Gasteiger partial charge in [0, 0.05) is 18.1 Å². The fraction of sp³-hybridized carbons (Fsp3) is 0.125. The van der Waals surface area contributed by atoms with Crippen LogP contribution in [0.2, 0.25) is 0 Å². The first-order valence-corrected chi connectivity index (χ1v) is 8.36. The van der Waals surface area contributed by atoms with Crippen LogP contribution in [-0.2, 0) is 6.54 Å². The highest BCUT2D eigenvalue weighted by atomic mass is 32.1. The van der Waals surface area contributed by atoms with Gasteiger partial charge in [0.2, 0.25) is 12.5 Å². The van der Waals surface area contributed by atoms with Crippen LogP contribution in [0.25, 0.3) is 10.8 Å². The summed E-state index contributed by atoms with van der Waals surface area (Å²) in [7, 11) is 0. The topological polar surface area (TPSA) is 127 Å². The van der Waals surface area contributed by atoms with Crippen molar-refractivity contribution >= 4 is 17.2 Å². The summed E-state index contributed by atoms with van der Waals surface area (Å²) in [6.45, 7) is 0.338. The Morgan fingerprint density at radius 2 is 2.08 bits per heavy atom. The van der Waals surface area contributed by atoms with Gasteiger partial charge in [0.25, 0.3) is 11.8 Å². The molecule has 3 N–H and O–H groups in total. The number of carbonyl (C=O) groups is 1. The van der Waals surface area contributed by atoms with E-state index in [2.05, 4.69) is 20.3 Å². The quantitative estimate of drug-likeness (QED) is 0.631. The molecule has 10 heteroatoms. The van der Waals surface area contributed by atoms with Crippen molar-refractivity contribution in [3.05, 3.63) is 41.0 Å². The van der Waals surface area contributed by atoms with E-state index >= 15 is 0 Å². The number of hydrogen-bond acceptors (Lipinski definition) is 9. The van der Waals surface area contributed by atoms with Crippen molar-refractivity contribution < 1.29 is 24.5 Å². The number of aromatic nitrogens is 3. The summed E-state index contributed by atoms with van der Waals surface area (Å²) in [5.41, 5.74) is 0.448. The lowest BCUT2D eigenvalue weighted by Crippen LogP contribution is -2.24. The minimum absolute atomic E-state index is 0.0588. The van der Waals surface area contributed by atoms with Crippen molar-refractivity contribution in [3.8, 4) is 34.0 Å². The largest absolute Gasteiger partial charge is 0.501 e. The van der Waals surface area contributed by atoms with Gasteiger partial charge in [0.05, 0.1) is 0 Å². The molecule has 26 heavy (non-hydrogen) atoms. The van der Waals surface area contributed by atoms with Gasteiger partial charge >= 0.3 is 0 Å². The normalized spacial score (nSPS) is 12.2. The molecule has 0 aliphatic carbocycles. The van der Waals surface area contributed by atoms with Crippen molar-refractivity contribution in [2.75, 3.05) is 6.79 Å². The third kappa shape index (κ3) is 2.97. The summed E-state index contributed by atoms with van der Waals surface area (Å²) < 4.78 is 10.5. The maximum Gasteiger partial charge on any atom is 0.274 e. The van der Waals surface area contributed by atoms with Crippen molar-refractivity contribution in [2.24, 2.45) is 0 Å². The first-order valence-electron chi connectivity index (χ1n) is 7.48. The van der Waals surface area contributed by atoms with Crippen LogP contribution in [0, 0.1) is 0 Å². The van der Waals surface area contributed by atoms with Gasteiger partial charge in [-0.05, 0) is 17.7 Å². The number of hydrogen-bond donors (Lipinski definition) is 3. The maximum atomic E-state index is 12.4. The smallest absolute Gasteiger partial charge is 0.274 e. The lowest BCUT2D eigenvalue weighted by Gasteiger charge is -2.08. The molecule has 3 heterocycles. The number of nitrogens with one attached hydrogen (secondary N) is 1. The molecule has 0 saturated heterocycles. The molecule has 0 radical (unpaired) electrons. The summed E-state index contributed by atoms with van der Waals surface area (Å²) in [6.07, 6.45) is 1.55. The number of rotatable bonds is 4. The zero-order valence-electron chi connectivity index (χ0n) is 13.2. The Morgan fingerprint density at radius 3 is 2.88 bits per heavy atom. The fourth-order valence-corrected chi connectivity index (χ4v) is 2.92. The lowest BCUT2D eigenvalue weighted by molar-refractivity contribution is 0.0941. The SMILES string of the molecule is O=C(NCc1ccc2c(c1)OCO2)c1nc(-c2nccs2)nc(O)c1O. The van der Waals surface area contributed by atoms with Crippen LogP contribution in [0.3, 0.4) is 0 Å². The number of fused-ring (bicyclic) bond motifs is 1. The Kier molecular flexibility index (Phi) is 4.01. The van der Waals surface area contributed by atoms with E-state index in [9.17, 15) is 15.0 Å². The van der Waals surface area contributed by atoms with E-state index in [-0.39, 0.29) is 24.9 Å². The van der Waals surface area contributed by atoms with E-state index < -0.39 is 17.5 Å². The third-order valence-corrected chi connectivity index (χ3v) is 4.36. The molecule has 1 aliphatic heterocycles. The van der Waals surface area contributed by atoms with Crippen LogP contribution in [-0.4, -0.2) is 37.9 Å². The first kappa shape index (κ1) is 16.1. The number of thiazole rings is 1. The number of nitrogens with zero attached hydrogens (tertiary/aromatic N) is 3. The Balaban J connectivity index is 1.54. The van der Waals surface area contributed by atoms with Crippen LogP contribution in [0.5, 0.6) is 23.1 Å². The molecule has 9 nitrogen and oxygen atoms in total. The van der Waals surface area contributed by atoms with E-state index in [1.54, 1.807) is 29.8 Å². The van der Waals surface area contributed by atoms with Crippen LogP contribution >= 0.6 is 11.3 Å². The minimum atomic E-state index is -0.687. The molecule has 132 valence electrons. The van der Waals surface area contributed by atoms with E-state index in [1.165, 1.54) is 11.3 Å². The second-order valence-electron chi connectivity index (χ2n) is 5.28. The molecular weight excluding hydrogens is 360 g/mol. The van der Waals surface area contributed by atoms with Gasteiger partial charge in [0.1, 0.15) is 0 Å². The van der Waals surface area contributed by atoms with Gasteiger partial charge in [0.15, 0.2) is 28.0 Å². The zero-order valence-corrected chi connectivity index (χ0v) is 14.0. The van der Waals surface area contributed by atoms with Gasteiger partial charge in [-0.25, -0.2) is 9.97 Å². The average Bonchev–Trinajstić information content (AvgIpc) is 3.33. The highest BCUT2D eigenvalue weighted by molar-refractivity contribution is 7.13. The molecule has 2 aromatic heterocycles. The Bertz CT molecular complexity index is 977. The van der Waals surface area contributed by atoms with E-state index in [0.717, 1.165) is 5.56 Å². The second kappa shape index (κ2) is 6.48. The molecule has 0 saturated carbocycles. The predicted molar refractivity (Wildman–Crippen MR) is 90.2 cm³/mol. The number of aromatic hydroxyl groups is 2. The molecule has 3 aromatic rings. The Hall–Kier alpha value is -3.40. The molecule has 0 atom stereocenters. The summed E-state index contributed by atoms with van der Waals surface area (Å²) in [4.78, 5) is 24.2. The maximum absolute atomic E-state index is 12.4. The zero-order chi connectivity index (χ0) is 18.1. The van der Waals surface area contributed by atoms with E-state index in [4.69, 9.17) is 9.47 Å². The van der Waals surface area contributed by atoms with Crippen molar-refractivity contribution in [3.63, 3.8) is 0 Å². The van der Waals surface area contributed by atoms with Gasteiger partial charge in [-0.15, -0.1) is 11.3 Å². The molecule has 1 aliphatic rings. The van der Waals surface area contributed by atoms with Crippen LogP contribution < -0.4 is 14.8 Å². The van der Waals surface area contributed by atoms with Crippen LogP contribution in [0.15, 0.2) is 29.8 Å². The highest BCUT2D eigenvalue weighted by Gasteiger charge is 2.21. The Labute approximate surface area is 150 Å². The van der Waals surface area contributed by atoms with Gasteiger partial charge in [-0.3, -0.25) is 4.79 Å². The third-order valence-electron chi connectivity index (χ3n) is 3.59. The minimum Gasteiger partial charge on any atom is -0.501 e. The average molecular weight is 372 g/mol. The van der Waals surface area contributed by atoms with Crippen molar-refractivity contribution in [1.82, 2.24) is 20.3 Å². The molecule has 0 spiro atoms. The van der Waals surface area contributed by atoms with Crippen LogP contribution in [0.1, 0.15) is 16.1 Å². The molecule has 4 rings (SSSR count). The summed E-state index contributed by atoms with van der Waals surface area (Å²) in [6, 6.07) is 5.28. The summed E-state index contributed by atoms with van der Waals surface area (Å²) in [5, 5.41) is 24.5. The van der Waals surface area contributed by atoms with Crippen molar-refractivity contribution in [1.29, 1.82) is 0 Å². The van der Waals surface area contributed by atoms with Gasteiger partial charge in [-0.1, -0.05) is 6.07 Å². The van der Waals surface area contributed by atoms with Crippen molar-refractivity contribution in [2.45, 2.75) is 6.54 Å². The number of ether oxygens (including phenoxy) is 2. The Morgan fingerprint density at radius 1 is 1.23 bits per heavy atom. The fourth-order valence-electron chi connectivity index (χ4n) is 2.35.